The molecule has 64 valence electrons. The molecule has 0 spiro atoms. The highest BCUT2D eigenvalue weighted by Gasteiger charge is 2.05. The first-order valence-corrected chi connectivity index (χ1v) is 3.23. The summed E-state index contributed by atoms with van der Waals surface area (Å²) in [7, 11) is 0. The summed E-state index contributed by atoms with van der Waals surface area (Å²) in [6.07, 6.45) is 0. The maximum atomic E-state index is 11.0. The first-order valence-electron chi connectivity index (χ1n) is 3.23. The van der Waals surface area contributed by atoms with Crippen molar-refractivity contribution >= 4 is 5.97 Å². The van der Waals surface area contributed by atoms with E-state index in [0.29, 0.717) is 5.56 Å². The molecule has 12 heavy (non-hydrogen) atoms. The van der Waals surface area contributed by atoms with Gasteiger partial charge in [0, 0.05) is 0 Å². The Hall–Kier alpha value is -1.43. The molecular weight excluding hydrogens is 160 g/mol. The minimum absolute atomic E-state index is 0.396. The van der Waals surface area contributed by atoms with Gasteiger partial charge in [-0.15, -0.1) is 0 Å². The van der Waals surface area contributed by atoms with Gasteiger partial charge in [0.05, 0.1) is 5.56 Å². The van der Waals surface area contributed by atoms with E-state index < -0.39 is 5.97 Å². The first kappa shape index (κ1) is 8.66. The van der Waals surface area contributed by atoms with Gasteiger partial charge < -0.3 is 0 Å². The van der Waals surface area contributed by atoms with Gasteiger partial charge in [-0.25, -0.2) is 10.6 Å². The topological polar surface area (TPSA) is 73.6 Å². The van der Waals surface area contributed by atoms with E-state index >= 15 is 0 Å². The number of hydrazine groups is 1. The van der Waals surface area contributed by atoms with E-state index in [9.17, 15) is 4.79 Å². The average Bonchev–Trinajstić information content (AvgIpc) is 2.15. The molecule has 1 aromatic carbocycles. The van der Waals surface area contributed by atoms with Crippen LogP contribution in [0.4, 0.5) is 0 Å². The smallest absolute Gasteiger partial charge is 0.273 e. The molecule has 0 bridgehead atoms. The zero-order chi connectivity index (χ0) is 8.81. The number of carbonyl (C=O) groups is 1. The van der Waals surface area contributed by atoms with Gasteiger partial charge >= 0.3 is 5.97 Å². The largest absolute Gasteiger partial charge is 0.375 e. The van der Waals surface area contributed by atoms with Crippen molar-refractivity contribution < 1.29 is 14.7 Å². The van der Waals surface area contributed by atoms with Gasteiger partial charge in [0.2, 0.25) is 0 Å². The van der Waals surface area contributed by atoms with Crippen LogP contribution < -0.4 is 11.4 Å². The molecule has 1 rings (SSSR count). The lowest BCUT2D eigenvalue weighted by molar-refractivity contribution is -0.287. The van der Waals surface area contributed by atoms with Crippen molar-refractivity contribution in [1.29, 1.82) is 0 Å². The Morgan fingerprint density at radius 1 is 1.33 bits per heavy atom. The Morgan fingerprint density at radius 3 is 2.58 bits per heavy atom. The van der Waals surface area contributed by atoms with Gasteiger partial charge in [-0.05, 0) is 12.1 Å². The fourth-order valence-electron chi connectivity index (χ4n) is 0.684. The Labute approximate surface area is 68.9 Å². The quantitative estimate of drug-likeness (QED) is 0.382. The van der Waals surface area contributed by atoms with Crippen LogP contribution in [0.2, 0.25) is 0 Å². The summed E-state index contributed by atoms with van der Waals surface area (Å²) in [5, 5.41) is 0. The van der Waals surface area contributed by atoms with Crippen molar-refractivity contribution in [3.05, 3.63) is 35.9 Å². The number of carbonyl (C=O) groups excluding carboxylic acids is 1. The molecule has 0 radical (unpaired) electrons. The predicted molar refractivity (Wildman–Crippen MR) is 40.3 cm³/mol. The summed E-state index contributed by atoms with van der Waals surface area (Å²) in [5.74, 6) is 4.10. The Morgan fingerprint density at radius 2 is 2.00 bits per heavy atom. The number of nitrogens with two attached hydrogens (primary N) is 1. The van der Waals surface area contributed by atoms with Gasteiger partial charge in [0.1, 0.15) is 0 Å². The Kier molecular flexibility index (Phi) is 3.21. The molecule has 1 aromatic rings. The molecule has 0 aliphatic rings. The minimum Gasteiger partial charge on any atom is -0.273 e. The van der Waals surface area contributed by atoms with E-state index in [-0.39, 0.29) is 0 Å². The van der Waals surface area contributed by atoms with Crippen LogP contribution in [0.5, 0.6) is 0 Å². The van der Waals surface area contributed by atoms with Crippen molar-refractivity contribution in [3.63, 3.8) is 0 Å². The molecule has 0 heterocycles. The molecule has 0 atom stereocenters. The van der Waals surface area contributed by atoms with Gasteiger partial charge in [-0.3, -0.25) is 4.89 Å². The third kappa shape index (κ3) is 2.31. The van der Waals surface area contributed by atoms with Gasteiger partial charge in [-0.1, -0.05) is 28.8 Å². The van der Waals surface area contributed by atoms with Gasteiger partial charge in [-0.2, -0.15) is 0 Å². The molecule has 0 unspecified atom stereocenters. The molecule has 0 aromatic heterocycles. The van der Waals surface area contributed by atoms with Crippen LogP contribution in [-0.4, -0.2) is 5.97 Å². The maximum Gasteiger partial charge on any atom is 0.375 e. The van der Waals surface area contributed by atoms with E-state index in [1.54, 1.807) is 35.9 Å². The minimum atomic E-state index is -0.603. The zero-order valence-corrected chi connectivity index (χ0v) is 6.19. The number of rotatable bonds is 3. The van der Waals surface area contributed by atoms with E-state index in [0.717, 1.165) is 0 Å². The fraction of sp³-hybridized carbons (Fsp3) is 0. The normalized spacial score (nSPS) is 9.42. The zero-order valence-electron chi connectivity index (χ0n) is 6.19. The SMILES string of the molecule is NNOOC(=O)c1ccccc1. The summed E-state index contributed by atoms with van der Waals surface area (Å²) < 4.78 is 0. The van der Waals surface area contributed by atoms with Crippen LogP contribution in [-0.2, 0) is 9.88 Å². The molecule has 0 fully saturated rings. The number of benzene rings is 1. The molecule has 0 aliphatic heterocycles. The lowest BCUT2D eigenvalue weighted by Gasteiger charge is -1.99. The summed E-state index contributed by atoms with van der Waals surface area (Å²) in [5.41, 5.74) is 2.12. The van der Waals surface area contributed by atoms with Crippen LogP contribution in [0.1, 0.15) is 10.4 Å². The molecule has 3 N–H and O–H groups in total. The summed E-state index contributed by atoms with van der Waals surface area (Å²) in [6.45, 7) is 0. The van der Waals surface area contributed by atoms with Crippen molar-refractivity contribution in [2.24, 2.45) is 5.84 Å². The standard InChI is InChI=1S/C7H8N2O3/c8-9-12-11-7(10)6-4-2-1-3-5-6/h1-5,9H,8H2. The highest BCUT2D eigenvalue weighted by Crippen LogP contribution is 1.99. The molecule has 5 heteroatoms. The number of nitrogens with one attached hydrogen (secondary N) is 1. The summed E-state index contributed by atoms with van der Waals surface area (Å²) >= 11 is 0. The molecular formula is C7H8N2O3. The van der Waals surface area contributed by atoms with Gasteiger partial charge in [0.15, 0.2) is 0 Å². The van der Waals surface area contributed by atoms with Crippen molar-refractivity contribution in [3.8, 4) is 0 Å². The maximum absolute atomic E-state index is 11.0. The average molecular weight is 168 g/mol. The molecule has 0 amide bonds. The van der Waals surface area contributed by atoms with E-state index in [1.165, 1.54) is 0 Å². The summed E-state index contributed by atoms with van der Waals surface area (Å²) in [4.78, 5) is 19.2. The second-order valence-electron chi connectivity index (χ2n) is 1.94. The van der Waals surface area contributed by atoms with E-state index in [1.807, 2.05) is 0 Å². The van der Waals surface area contributed by atoms with Crippen LogP contribution in [0, 0.1) is 0 Å². The molecule has 0 aliphatic carbocycles. The molecule has 0 saturated heterocycles. The number of hydrogen-bond donors (Lipinski definition) is 2. The fourth-order valence-corrected chi connectivity index (χ4v) is 0.684. The van der Waals surface area contributed by atoms with Crippen LogP contribution >= 0.6 is 0 Å². The van der Waals surface area contributed by atoms with Crippen LogP contribution in [0.3, 0.4) is 0 Å². The second kappa shape index (κ2) is 4.45. The highest BCUT2D eigenvalue weighted by atomic mass is 17.3. The van der Waals surface area contributed by atoms with Crippen LogP contribution in [0.25, 0.3) is 0 Å². The molecule has 5 nitrogen and oxygen atoms in total. The number of hydrogen-bond acceptors (Lipinski definition) is 5. The third-order valence-electron chi connectivity index (χ3n) is 1.17. The predicted octanol–water partition coefficient (Wildman–Crippen LogP) is 0.153. The highest BCUT2D eigenvalue weighted by molar-refractivity contribution is 5.88. The monoisotopic (exact) mass is 168 g/mol. The third-order valence-corrected chi connectivity index (χ3v) is 1.17. The van der Waals surface area contributed by atoms with Gasteiger partial charge in [0.25, 0.3) is 0 Å². The van der Waals surface area contributed by atoms with Crippen molar-refractivity contribution in [2.75, 3.05) is 0 Å². The van der Waals surface area contributed by atoms with Crippen molar-refractivity contribution in [2.45, 2.75) is 0 Å². The lowest BCUT2D eigenvalue weighted by atomic mass is 10.2. The molecule has 0 saturated carbocycles. The Balaban J connectivity index is 2.54. The van der Waals surface area contributed by atoms with Crippen molar-refractivity contribution in [1.82, 2.24) is 5.59 Å². The van der Waals surface area contributed by atoms with Crippen LogP contribution in [0.15, 0.2) is 30.3 Å². The second-order valence-corrected chi connectivity index (χ2v) is 1.94. The van der Waals surface area contributed by atoms with E-state index in [4.69, 9.17) is 5.84 Å². The first-order chi connectivity index (χ1) is 5.84. The lowest BCUT2D eigenvalue weighted by Crippen LogP contribution is -2.24. The summed E-state index contributed by atoms with van der Waals surface area (Å²) in [6, 6.07) is 8.42. The Bertz CT molecular complexity index is 250. The van der Waals surface area contributed by atoms with E-state index in [2.05, 4.69) is 9.88 Å².